The number of halogens is 1. The van der Waals surface area contributed by atoms with Gasteiger partial charge in [0.25, 0.3) is 5.91 Å². The fourth-order valence-electron chi connectivity index (χ4n) is 3.02. The molecular weight excluding hydrogens is 394 g/mol. The van der Waals surface area contributed by atoms with Crippen molar-refractivity contribution in [3.63, 3.8) is 0 Å². The van der Waals surface area contributed by atoms with Gasteiger partial charge < -0.3 is 24.8 Å². The third kappa shape index (κ3) is 10.2. The number of amides is 1. The lowest BCUT2D eigenvalue weighted by molar-refractivity contribution is -0.124. The first kappa shape index (κ1) is 25.5. The highest BCUT2D eigenvalue weighted by molar-refractivity contribution is 5.85. The maximum Gasteiger partial charge on any atom is 0.258 e. The van der Waals surface area contributed by atoms with Crippen LogP contribution in [0.3, 0.4) is 0 Å². The van der Waals surface area contributed by atoms with E-state index in [1.165, 1.54) is 0 Å². The lowest BCUT2D eigenvalue weighted by atomic mass is 10.1. The SMILES string of the molecule is COc1cc(CNCCCN2CCOCC2)ccc1OCC(=O)NC(C)(C)C.Cl. The summed E-state index contributed by atoms with van der Waals surface area (Å²) in [4.78, 5) is 14.4. The minimum absolute atomic E-state index is 0. The normalized spacial score (nSPS) is 14.8. The average Bonchev–Trinajstić information content (AvgIpc) is 2.66. The Labute approximate surface area is 180 Å². The molecule has 0 radical (unpaired) electrons. The van der Waals surface area contributed by atoms with Gasteiger partial charge in [-0.05, 0) is 58.0 Å². The lowest BCUT2D eigenvalue weighted by Gasteiger charge is -2.26. The number of carbonyl (C=O) groups is 1. The van der Waals surface area contributed by atoms with Gasteiger partial charge in [-0.15, -0.1) is 12.4 Å². The van der Waals surface area contributed by atoms with Crippen LogP contribution in [-0.2, 0) is 16.1 Å². The number of carbonyl (C=O) groups excluding carboxylic acids is 1. The van der Waals surface area contributed by atoms with Crippen molar-refractivity contribution in [2.45, 2.75) is 39.3 Å². The number of hydrogen-bond acceptors (Lipinski definition) is 6. The minimum atomic E-state index is -0.276. The number of hydrogen-bond donors (Lipinski definition) is 2. The summed E-state index contributed by atoms with van der Waals surface area (Å²) in [5.41, 5.74) is 0.844. The summed E-state index contributed by atoms with van der Waals surface area (Å²) >= 11 is 0. The molecule has 1 saturated heterocycles. The van der Waals surface area contributed by atoms with Crippen LogP contribution in [0.25, 0.3) is 0 Å². The van der Waals surface area contributed by atoms with Crippen LogP contribution in [0.5, 0.6) is 11.5 Å². The Bertz CT molecular complexity index is 616. The standard InChI is InChI=1S/C21H35N3O4.ClH/c1-21(2,3)23-20(25)16-28-18-7-6-17(14-19(18)26-4)15-22-8-5-9-24-10-12-27-13-11-24;/h6-7,14,22H,5,8-13,15-16H2,1-4H3,(H,23,25);1H. The second kappa shape index (κ2) is 12.9. The van der Waals surface area contributed by atoms with E-state index in [1.54, 1.807) is 7.11 Å². The van der Waals surface area contributed by atoms with Crippen LogP contribution in [-0.4, -0.2) is 69.5 Å². The third-order valence-electron chi connectivity index (χ3n) is 4.36. The van der Waals surface area contributed by atoms with E-state index < -0.39 is 0 Å². The number of nitrogens with one attached hydrogen (secondary N) is 2. The van der Waals surface area contributed by atoms with Crippen LogP contribution in [0.1, 0.15) is 32.8 Å². The molecule has 1 heterocycles. The molecule has 166 valence electrons. The van der Waals surface area contributed by atoms with Crippen molar-refractivity contribution < 1.29 is 19.0 Å². The number of rotatable bonds is 10. The number of ether oxygens (including phenoxy) is 3. The lowest BCUT2D eigenvalue weighted by Crippen LogP contribution is -2.43. The molecule has 1 aliphatic heterocycles. The molecule has 1 aromatic carbocycles. The molecule has 0 aromatic heterocycles. The molecule has 8 heteroatoms. The fourth-order valence-corrected chi connectivity index (χ4v) is 3.02. The van der Waals surface area contributed by atoms with Crippen LogP contribution in [0, 0.1) is 0 Å². The van der Waals surface area contributed by atoms with Gasteiger partial charge in [-0.2, -0.15) is 0 Å². The summed E-state index contributed by atoms with van der Waals surface area (Å²) in [6.07, 6.45) is 1.11. The van der Waals surface area contributed by atoms with Crippen molar-refractivity contribution in [3.05, 3.63) is 23.8 Å². The number of methoxy groups -OCH3 is 1. The molecule has 1 fully saturated rings. The summed E-state index contributed by atoms with van der Waals surface area (Å²) in [6, 6.07) is 5.80. The molecule has 0 spiro atoms. The summed E-state index contributed by atoms with van der Waals surface area (Å²) < 4.78 is 16.4. The molecule has 1 amide bonds. The van der Waals surface area contributed by atoms with E-state index in [0.717, 1.165) is 57.9 Å². The van der Waals surface area contributed by atoms with Crippen LogP contribution in [0.15, 0.2) is 18.2 Å². The smallest absolute Gasteiger partial charge is 0.258 e. The second-order valence-electron chi connectivity index (χ2n) is 8.06. The molecule has 0 saturated carbocycles. The van der Waals surface area contributed by atoms with Crippen molar-refractivity contribution in [3.8, 4) is 11.5 Å². The molecule has 1 aliphatic rings. The second-order valence-corrected chi connectivity index (χ2v) is 8.06. The highest BCUT2D eigenvalue weighted by atomic mass is 35.5. The first-order chi connectivity index (χ1) is 13.4. The third-order valence-corrected chi connectivity index (χ3v) is 4.36. The molecule has 29 heavy (non-hydrogen) atoms. The van der Waals surface area contributed by atoms with E-state index in [2.05, 4.69) is 15.5 Å². The minimum Gasteiger partial charge on any atom is -0.493 e. The number of nitrogens with zero attached hydrogens (tertiary/aromatic N) is 1. The molecule has 2 rings (SSSR count). The van der Waals surface area contributed by atoms with Gasteiger partial charge in [0.2, 0.25) is 0 Å². The van der Waals surface area contributed by atoms with Crippen molar-refractivity contribution in [2.75, 3.05) is 53.1 Å². The maximum absolute atomic E-state index is 11.9. The maximum atomic E-state index is 11.9. The average molecular weight is 430 g/mol. The Balaban J connectivity index is 0.00000420. The number of morpholine rings is 1. The van der Waals surface area contributed by atoms with Gasteiger partial charge in [0, 0.05) is 25.2 Å². The van der Waals surface area contributed by atoms with Crippen LogP contribution < -0.4 is 20.1 Å². The van der Waals surface area contributed by atoms with E-state index in [4.69, 9.17) is 14.2 Å². The molecule has 7 nitrogen and oxygen atoms in total. The Hall–Kier alpha value is -1.54. The summed E-state index contributed by atoms with van der Waals surface area (Å²) in [5.74, 6) is 1.05. The molecule has 0 unspecified atom stereocenters. The molecule has 0 atom stereocenters. The molecule has 1 aromatic rings. The van der Waals surface area contributed by atoms with Crippen molar-refractivity contribution in [2.24, 2.45) is 0 Å². The van der Waals surface area contributed by atoms with Gasteiger partial charge >= 0.3 is 0 Å². The zero-order valence-electron chi connectivity index (χ0n) is 18.1. The van der Waals surface area contributed by atoms with Gasteiger partial charge in [-0.25, -0.2) is 0 Å². The summed E-state index contributed by atoms with van der Waals surface area (Å²) in [6.45, 7) is 12.4. The van der Waals surface area contributed by atoms with Crippen molar-refractivity contribution in [1.29, 1.82) is 0 Å². The largest absolute Gasteiger partial charge is 0.493 e. The first-order valence-corrected chi connectivity index (χ1v) is 9.99. The zero-order valence-corrected chi connectivity index (χ0v) is 18.9. The van der Waals surface area contributed by atoms with Crippen molar-refractivity contribution >= 4 is 18.3 Å². The predicted molar refractivity (Wildman–Crippen MR) is 117 cm³/mol. The van der Waals surface area contributed by atoms with E-state index in [0.29, 0.717) is 11.5 Å². The Morgan fingerprint density at radius 3 is 2.59 bits per heavy atom. The topological polar surface area (TPSA) is 72.1 Å². The fraction of sp³-hybridized carbons (Fsp3) is 0.667. The monoisotopic (exact) mass is 429 g/mol. The first-order valence-electron chi connectivity index (χ1n) is 9.99. The number of benzene rings is 1. The van der Waals surface area contributed by atoms with E-state index in [9.17, 15) is 4.79 Å². The van der Waals surface area contributed by atoms with Gasteiger partial charge in [-0.3, -0.25) is 9.69 Å². The zero-order chi connectivity index (χ0) is 20.4. The summed E-state index contributed by atoms with van der Waals surface area (Å²) in [7, 11) is 1.61. The highest BCUT2D eigenvalue weighted by Gasteiger charge is 2.15. The predicted octanol–water partition coefficient (Wildman–Crippen LogP) is 2.22. The van der Waals surface area contributed by atoms with Gasteiger partial charge in [0.15, 0.2) is 18.1 Å². The van der Waals surface area contributed by atoms with Crippen LogP contribution in [0.4, 0.5) is 0 Å². The molecule has 0 aliphatic carbocycles. The van der Waals surface area contributed by atoms with Gasteiger partial charge in [0.05, 0.1) is 20.3 Å². The van der Waals surface area contributed by atoms with E-state index >= 15 is 0 Å². The van der Waals surface area contributed by atoms with Crippen LogP contribution in [0.2, 0.25) is 0 Å². The Morgan fingerprint density at radius 2 is 1.93 bits per heavy atom. The highest BCUT2D eigenvalue weighted by Crippen LogP contribution is 2.28. The van der Waals surface area contributed by atoms with Crippen molar-refractivity contribution in [1.82, 2.24) is 15.5 Å². The van der Waals surface area contributed by atoms with Gasteiger partial charge in [0.1, 0.15) is 0 Å². The molecule has 2 N–H and O–H groups in total. The van der Waals surface area contributed by atoms with Gasteiger partial charge in [-0.1, -0.05) is 6.07 Å². The van der Waals surface area contributed by atoms with E-state index in [1.807, 2.05) is 39.0 Å². The molecule has 0 bridgehead atoms. The Morgan fingerprint density at radius 1 is 1.21 bits per heavy atom. The molecular formula is C21H36ClN3O4. The summed E-state index contributed by atoms with van der Waals surface area (Å²) in [5, 5.41) is 6.35. The Kier molecular flexibility index (Phi) is 11.3. The quantitative estimate of drug-likeness (QED) is 0.556. The van der Waals surface area contributed by atoms with Crippen LogP contribution >= 0.6 is 12.4 Å². The van der Waals surface area contributed by atoms with E-state index in [-0.39, 0.29) is 30.5 Å².